The molecule has 0 saturated carbocycles. The largest absolute Gasteiger partial charge is 0.481 e. The van der Waals surface area contributed by atoms with E-state index in [-0.39, 0.29) is 6.42 Å². The fraction of sp³-hybridized carbons (Fsp3) is 0.500. The van der Waals surface area contributed by atoms with Gasteiger partial charge in [0.05, 0.1) is 12.0 Å². The number of amides is 1. The Labute approximate surface area is 117 Å². The minimum atomic E-state index is -0.870. The molecule has 1 heterocycles. The van der Waals surface area contributed by atoms with E-state index in [1.165, 1.54) is 0 Å². The zero-order valence-electron chi connectivity index (χ0n) is 11.6. The van der Waals surface area contributed by atoms with Crippen LogP contribution < -0.4 is 10.6 Å². The summed E-state index contributed by atoms with van der Waals surface area (Å²) < 4.78 is 0. The lowest BCUT2D eigenvalue weighted by atomic mass is 10.1. The number of nitrogens with zero attached hydrogens (tertiary/aromatic N) is 2. The van der Waals surface area contributed by atoms with Crippen LogP contribution in [0.5, 0.6) is 0 Å². The van der Waals surface area contributed by atoms with E-state index < -0.39 is 11.9 Å². The lowest BCUT2D eigenvalue weighted by Crippen LogP contribution is -2.30. The number of aryl methyl sites for hydroxylation is 2. The van der Waals surface area contributed by atoms with Gasteiger partial charge in [-0.15, -0.1) is 0 Å². The van der Waals surface area contributed by atoms with Crippen molar-refractivity contribution in [3.8, 4) is 0 Å². The first-order valence-electron chi connectivity index (χ1n) is 6.82. The molecule has 6 nitrogen and oxygen atoms in total. The van der Waals surface area contributed by atoms with Crippen molar-refractivity contribution in [2.24, 2.45) is 5.73 Å². The minimum Gasteiger partial charge on any atom is -0.481 e. The third-order valence-corrected chi connectivity index (χ3v) is 3.57. The molecule has 3 N–H and O–H groups in total. The summed E-state index contributed by atoms with van der Waals surface area (Å²) in [6, 6.07) is 1.82. The molecule has 0 radical (unpaired) electrons. The third kappa shape index (κ3) is 2.89. The Morgan fingerprint density at radius 3 is 2.80 bits per heavy atom. The summed E-state index contributed by atoms with van der Waals surface area (Å²) in [6.45, 7) is 2.80. The molecule has 0 fully saturated rings. The van der Waals surface area contributed by atoms with Crippen LogP contribution in [-0.4, -0.2) is 35.1 Å². The average Bonchev–Trinajstić information content (AvgIpc) is 2.85. The van der Waals surface area contributed by atoms with Crippen LogP contribution in [0.3, 0.4) is 0 Å². The second-order valence-corrected chi connectivity index (χ2v) is 4.91. The van der Waals surface area contributed by atoms with Crippen LogP contribution in [0.25, 0.3) is 0 Å². The van der Waals surface area contributed by atoms with E-state index in [9.17, 15) is 9.59 Å². The fourth-order valence-electron chi connectivity index (χ4n) is 2.53. The maximum atomic E-state index is 11.6. The predicted octanol–water partition coefficient (Wildman–Crippen LogP) is 0.970. The summed E-state index contributed by atoms with van der Waals surface area (Å²) in [6.07, 6.45) is 2.86. The molecule has 0 bridgehead atoms. The molecule has 0 unspecified atom stereocenters. The van der Waals surface area contributed by atoms with Gasteiger partial charge in [0.25, 0.3) is 5.91 Å². The minimum absolute atomic E-state index is 0.00477. The van der Waals surface area contributed by atoms with Crippen LogP contribution in [0.4, 0.5) is 5.82 Å². The number of pyridine rings is 1. The van der Waals surface area contributed by atoms with Crippen LogP contribution in [-0.2, 0) is 17.6 Å². The number of hydrogen-bond acceptors (Lipinski definition) is 4. The highest BCUT2D eigenvalue weighted by molar-refractivity contribution is 5.98. The normalized spacial score (nSPS) is 13.1. The lowest BCUT2D eigenvalue weighted by molar-refractivity contribution is -0.136. The molecule has 20 heavy (non-hydrogen) atoms. The van der Waals surface area contributed by atoms with Gasteiger partial charge in [0.15, 0.2) is 0 Å². The van der Waals surface area contributed by atoms with Crippen LogP contribution in [0, 0.1) is 0 Å². The Morgan fingerprint density at radius 2 is 2.20 bits per heavy atom. The second kappa shape index (κ2) is 5.90. The molecule has 1 amide bonds. The van der Waals surface area contributed by atoms with Crippen molar-refractivity contribution in [2.45, 2.75) is 32.6 Å². The molecule has 0 spiro atoms. The van der Waals surface area contributed by atoms with Crippen molar-refractivity contribution < 1.29 is 14.7 Å². The molecule has 0 aromatic carbocycles. The summed E-state index contributed by atoms with van der Waals surface area (Å²) in [4.78, 5) is 28.7. The van der Waals surface area contributed by atoms with Gasteiger partial charge >= 0.3 is 5.97 Å². The van der Waals surface area contributed by atoms with E-state index in [4.69, 9.17) is 10.8 Å². The number of aliphatic carboxylic acids is 1. The fourth-order valence-corrected chi connectivity index (χ4v) is 2.53. The Kier molecular flexibility index (Phi) is 4.22. The molecule has 1 aliphatic rings. The molecule has 2 rings (SSSR count). The molecule has 0 saturated heterocycles. The number of hydrogen-bond donors (Lipinski definition) is 2. The molecule has 1 aromatic heterocycles. The van der Waals surface area contributed by atoms with E-state index >= 15 is 0 Å². The topological polar surface area (TPSA) is 96.5 Å². The zero-order chi connectivity index (χ0) is 14.7. The van der Waals surface area contributed by atoms with E-state index in [1.807, 2.05) is 13.0 Å². The van der Waals surface area contributed by atoms with Crippen molar-refractivity contribution in [1.29, 1.82) is 0 Å². The van der Waals surface area contributed by atoms with Gasteiger partial charge in [-0.3, -0.25) is 9.59 Å². The number of carbonyl (C=O) groups is 2. The van der Waals surface area contributed by atoms with Crippen molar-refractivity contribution in [3.63, 3.8) is 0 Å². The highest BCUT2D eigenvalue weighted by Gasteiger charge is 2.22. The van der Waals surface area contributed by atoms with Crippen LogP contribution in [0.15, 0.2) is 6.07 Å². The number of rotatable bonds is 6. The summed E-state index contributed by atoms with van der Waals surface area (Å²) >= 11 is 0. The first-order chi connectivity index (χ1) is 9.52. The second-order valence-electron chi connectivity index (χ2n) is 4.91. The molecular weight excluding hydrogens is 258 g/mol. The number of carboxylic acid groups (broad SMARTS) is 1. The zero-order valence-corrected chi connectivity index (χ0v) is 11.6. The summed E-state index contributed by atoms with van der Waals surface area (Å²) in [5, 5.41) is 8.80. The number of carboxylic acids is 1. The molecule has 1 aromatic rings. The van der Waals surface area contributed by atoms with Crippen LogP contribution in [0.1, 0.15) is 41.4 Å². The van der Waals surface area contributed by atoms with Gasteiger partial charge in [-0.1, -0.05) is 0 Å². The number of aromatic nitrogens is 1. The molecule has 0 aliphatic heterocycles. The van der Waals surface area contributed by atoms with Gasteiger partial charge in [-0.25, -0.2) is 4.98 Å². The Morgan fingerprint density at radius 1 is 1.45 bits per heavy atom. The van der Waals surface area contributed by atoms with Crippen molar-refractivity contribution in [1.82, 2.24) is 4.98 Å². The SMILES string of the molecule is CCN(CCC(=O)O)c1nc2c(cc1C(N)=O)CCC2. The van der Waals surface area contributed by atoms with Gasteiger partial charge in [0.2, 0.25) is 0 Å². The lowest BCUT2D eigenvalue weighted by Gasteiger charge is -2.24. The van der Waals surface area contributed by atoms with E-state index in [1.54, 1.807) is 4.90 Å². The highest BCUT2D eigenvalue weighted by atomic mass is 16.4. The number of carbonyl (C=O) groups excluding carboxylic acids is 1. The maximum absolute atomic E-state index is 11.6. The van der Waals surface area contributed by atoms with E-state index in [0.29, 0.717) is 24.5 Å². The van der Waals surface area contributed by atoms with Gasteiger partial charge in [-0.2, -0.15) is 0 Å². The highest BCUT2D eigenvalue weighted by Crippen LogP contribution is 2.27. The Hall–Kier alpha value is -2.11. The third-order valence-electron chi connectivity index (χ3n) is 3.57. The average molecular weight is 277 g/mol. The van der Waals surface area contributed by atoms with Gasteiger partial charge < -0.3 is 15.7 Å². The number of primary amides is 1. The Balaban J connectivity index is 2.37. The quantitative estimate of drug-likeness (QED) is 0.807. The summed E-state index contributed by atoms with van der Waals surface area (Å²) in [5.74, 6) is -0.872. The van der Waals surface area contributed by atoms with Crippen molar-refractivity contribution in [2.75, 3.05) is 18.0 Å². The predicted molar refractivity (Wildman–Crippen MR) is 74.9 cm³/mol. The molecule has 108 valence electrons. The van der Waals surface area contributed by atoms with Crippen molar-refractivity contribution >= 4 is 17.7 Å². The van der Waals surface area contributed by atoms with Gasteiger partial charge in [0.1, 0.15) is 5.82 Å². The summed E-state index contributed by atoms with van der Waals surface area (Å²) in [5.41, 5.74) is 7.90. The molecule has 6 heteroatoms. The maximum Gasteiger partial charge on any atom is 0.305 e. The van der Waals surface area contributed by atoms with Gasteiger partial charge in [0, 0.05) is 18.8 Å². The van der Waals surface area contributed by atoms with Crippen LogP contribution >= 0.6 is 0 Å². The number of fused-ring (bicyclic) bond motifs is 1. The van der Waals surface area contributed by atoms with Crippen LogP contribution in [0.2, 0.25) is 0 Å². The van der Waals surface area contributed by atoms with Crippen molar-refractivity contribution in [3.05, 3.63) is 22.9 Å². The smallest absolute Gasteiger partial charge is 0.305 e. The van der Waals surface area contributed by atoms with Gasteiger partial charge in [-0.05, 0) is 37.8 Å². The standard InChI is InChI=1S/C14H19N3O3/c1-2-17(7-6-12(18)19)14-10(13(15)20)8-9-4-3-5-11(9)16-14/h8H,2-7H2,1H3,(H2,15,20)(H,18,19). The monoisotopic (exact) mass is 277 g/mol. The van der Waals surface area contributed by atoms with E-state index in [0.717, 1.165) is 30.5 Å². The molecular formula is C14H19N3O3. The summed E-state index contributed by atoms with van der Waals surface area (Å²) in [7, 11) is 0. The first-order valence-corrected chi connectivity index (χ1v) is 6.82. The number of nitrogens with two attached hydrogens (primary N) is 1. The van der Waals surface area contributed by atoms with E-state index in [2.05, 4.69) is 4.98 Å². The first kappa shape index (κ1) is 14.3. The number of anilines is 1. The Bertz CT molecular complexity index is 543. The molecule has 1 aliphatic carbocycles. The molecule has 0 atom stereocenters.